The molecular weight excluding hydrogens is 315 g/mol. The number of nitrogens with zero attached hydrogens (tertiary/aromatic N) is 4. The van der Waals surface area contributed by atoms with E-state index in [1.807, 2.05) is 0 Å². The summed E-state index contributed by atoms with van der Waals surface area (Å²) in [7, 11) is 0. The van der Waals surface area contributed by atoms with Gasteiger partial charge in [0.05, 0.1) is 0 Å². The van der Waals surface area contributed by atoms with Crippen LogP contribution in [0.15, 0.2) is 18.3 Å². The lowest BCUT2D eigenvalue weighted by molar-refractivity contribution is -0.272. The summed E-state index contributed by atoms with van der Waals surface area (Å²) in [6, 6.07) is 3.06. The molecule has 0 aliphatic carbocycles. The third-order valence-electron chi connectivity index (χ3n) is 4.22. The van der Waals surface area contributed by atoms with Gasteiger partial charge in [0.25, 0.3) is 5.91 Å². The van der Waals surface area contributed by atoms with Crippen LogP contribution in [-0.4, -0.2) is 43.8 Å². The molecule has 3 heterocycles. The lowest BCUT2D eigenvalue weighted by atomic mass is 9.89. The normalized spacial score (nSPS) is 28.2. The van der Waals surface area contributed by atoms with Gasteiger partial charge in [-0.25, -0.2) is 4.52 Å². The third-order valence-corrected chi connectivity index (χ3v) is 4.22. The van der Waals surface area contributed by atoms with Gasteiger partial charge >= 0.3 is 6.18 Å². The molecule has 2 aromatic heterocycles. The van der Waals surface area contributed by atoms with E-state index < -0.39 is 29.7 Å². The van der Waals surface area contributed by atoms with Crippen LogP contribution in [0.25, 0.3) is 5.65 Å². The predicted molar refractivity (Wildman–Crippen MR) is 72.5 cm³/mol. The van der Waals surface area contributed by atoms with Gasteiger partial charge < -0.3 is 10.1 Å². The number of hydrogen-bond acceptors (Lipinski definition) is 5. The van der Waals surface area contributed by atoms with Crippen LogP contribution >= 0.6 is 0 Å². The van der Waals surface area contributed by atoms with Gasteiger partial charge in [-0.15, -0.1) is 5.10 Å². The minimum atomic E-state index is -4.53. The Hall–Kier alpha value is -2.23. The van der Waals surface area contributed by atoms with Crippen LogP contribution in [0.3, 0.4) is 0 Å². The van der Waals surface area contributed by atoms with Crippen molar-refractivity contribution in [2.45, 2.75) is 38.1 Å². The minimum absolute atomic E-state index is 0.00340. The second kappa shape index (κ2) is 5.15. The summed E-state index contributed by atoms with van der Waals surface area (Å²) in [4.78, 5) is 12.2. The van der Waals surface area contributed by atoms with Gasteiger partial charge in [0, 0.05) is 18.0 Å². The van der Waals surface area contributed by atoms with Crippen LogP contribution < -0.4 is 5.32 Å². The van der Waals surface area contributed by atoms with Crippen molar-refractivity contribution < 1.29 is 22.7 Å². The molecule has 1 fully saturated rings. The standard InChI is InChI=1S/C13H14F3N5O2/c1-7-5-9(23-12(7,2)13(14,15)16)11(22)17-8-3-4-21-10(6-8)18-19-20-21/h3-4,6-7,9H,5H2,1-2H3,(H,17,22)/t7-,9?,12+/m0/s1. The van der Waals surface area contributed by atoms with Crippen LogP contribution in [0.4, 0.5) is 18.9 Å². The Bertz CT molecular complexity index is 747. The highest BCUT2D eigenvalue weighted by Crippen LogP contribution is 2.46. The van der Waals surface area contributed by atoms with E-state index in [1.54, 1.807) is 6.07 Å². The van der Waals surface area contributed by atoms with Gasteiger partial charge in [-0.1, -0.05) is 6.92 Å². The lowest BCUT2D eigenvalue weighted by Crippen LogP contribution is -2.47. The van der Waals surface area contributed by atoms with Gasteiger partial charge in [0.15, 0.2) is 11.2 Å². The summed E-state index contributed by atoms with van der Waals surface area (Å²) in [5.41, 5.74) is -1.53. The summed E-state index contributed by atoms with van der Waals surface area (Å²) in [6.45, 7) is 2.40. The van der Waals surface area contributed by atoms with Crippen molar-refractivity contribution in [2.75, 3.05) is 5.32 Å². The Morgan fingerprint density at radius 2 is 2.26 bits per heavy atom. The summed E-state index contributed by atoms with van der Waals surface area (Å²) in [6.07, 6.45) is -4.17. The van der Waals surface area contributed by atoms with Crippen molar-refractivity contribution in [1.29, 1.82) is 0 Å². The molecule has 1 saturated heterocycles. The number of fused-ring (bicyclic) bond motifs is 1. The van der Waals surface area contributed by atoms with Crippen molar-refractivity contribution in [1.82, 2.24) is 20.0 Å². The van der Waals surface area contributed by atoms with Crippen LogP contribution in [0.5, 0.6) is 0 Å². The topological polar surface area (TPSA) is 81.4 Å². The smallest absolute Gasteiger partial charge is 0.352 e. The molecular formula is C13H14F3N5O2. The third kappa shape index (κ3) is 2.62. The number of halogens is 3. The maximum absolute atomic E-state index is 13.1. The van der Waals surface area contributed by atoms with E-state index in [2.05, 4.69) is 20.8 Å². The highest BCUT2D eigenvalue weighted by atomic mass is 19.4. The molecule has 1 unspecified atom stereocenters. The Balaban J connectivity index is 1.74. The quantitative estimate of drug-likeness (QED) is 0.909. The number of rotatable bonds is 2. The number of tetrazole rings is 1. The summed E-state index contributed by atoms with van der Waals surface area (Å²) in [5, 5.41) is 13.4. The first-order chi connectivity index (χ1) is 10.7. The molecule has 0 spiro atoms. The van der Waals surface area contributed by atoms with Gasteiger partial charge in [-0.2, -0.15) is 13.2 Å². The molecule has 7 nitrogen and oxygen atoms in total. The fourth-order valence-electron chi connectivity index (χ4n) is 2.55. The zero-order valence-electron chi connectivity index (χ0n) is 12.3. The molecule has 3 rings (SSSR count). The van der Waals surface area contributed by atoms with Crippen molar-refractivity contribution >= 4 is 17.2 Å². The molecule has 0 radical (unpaired) electrons. The van der Waals surface area contributed by atoms with Crippen molar-refractivity contribution in [3.63, 3.8) is 0 Å². The van der Waals surface area contributed by atoms with E-state index in [1.165, 1.54) is 23.7 Å². The van der Waals surface area contributed by atoms with E-state index in [-0.39, 0.29) is 6.42 Å². The Morgan fingerprint density at radius 1 is 1.52 bits per heavy atom. The van der Waals surface area contributed by atoms with E-state index in [0.29, 0.717) is 11.3 Å². The summed E-state index contributed by atoms with van der Waals surface area (Å²) < 4.78 is 45.8. The molecule has 124 valence electrons. The first-order valence-electron chi connectivity index (χ1n) is 6.94. The second-order valence-electron chi connectivity index (χ2n) is 5.73. The number of alkyl halides is 3. The number of ether oxygens (including phenoxy) is 1. The maximum atomic E-state index is 13.1. The molecule has 1 aliphatic heterocycles. The van der Waals surface area contributed by atoms with E-state index >= 15 is 0 Å². The zero-order chi connectivity index (χ0) is 16.8. The molecule has 0 bridgehead atoms. The largest absolute Gasteiger partial charge is 0.417 e. The molecule has 23 heavy (non-hydrogen) atoms. The molecule has 3 atom stereocenters. The highest BCUT2D eigenvalue weighted by Gasteiger charge is 2.61. The number of carbonyl (C=O) groups excluding carboxylic acids is 1. The van der Waals surface area contributed by atoms with Crippen LogP contribution in [0, 0.1) is 5.92 Å². The maximum Gasteiger partial charge on any atom is 0.417 e. The van der Waals surface area contributed by atoms with Crippen molar-refractivity contribution in [3.8, 4) is 0 Å². The molecule has 1 aliphatic rings. The number of amides is 1. The SMILES string of the molecule is C[C@H]1CC(C(=O)Nc2ccn3nnnc3c2)O[C@@]1(C)C(F)(F)F. The van der Waals surface area contributed by atoms with E-state index in [0.717, 1.165) is 6.92 Å². The Labute approximate surface area is 128 Å². The monoisotopic (exact) mass is 329 g/mol. The number of hydrogen-bond donors (Lipinski definition) is 1. The van der Waals surface area contributed by atoms with Gasteiger partial charge in [-0.05, 0) is 35.8 Å². The number of aromatic nitrogens is 4. The molecule has 10 heteroatoms. The summed E-state index contributed by atoms with van der Waals surface area (Å²) >= 11 is 0. The molecule has 1 N–H and O–H groups in total. The highest BCUT2D eigenvalue weighted by molar-refractivity contribution is 5.94. The number of nitrogens with one attached hydrogen (secondary N) is 1. The van der Waals surface area contributed by atoms with Crippen LogP contribution in [0.1, 0.15) is 20.3 Å². The number of anilines is 1. The first-order valence-corrected chi connectivity index (χ1v) is 6.94. The number of pyridine rings is 1. The average Bonchev–Trinajstić information content (AvgIpc) is 3.03. The van der Waals surface area contributed by atoms with Crippen LogP contribution in [0.2, 0.25) is 0 Å². The lowest BCUT2D eigenvalue weighted by Gasteiger charge is -2.30. The van der Waals surface area contributed by atoms with Crippen molar-refractivity contribution in [3.05, 3.63) is 18.3 Å². The molecule has 1 amide bonds. The van der Waals surface area contributed by atoms with Gasteiger partial charge in [-0.3, -0.25) is 4.79 Å². The fraction of sp³-hybridized carbons (Fsp3) is 0.538. The second-order valence-corrected chi connectivity index (χ2v) is 5.73. The van der Waals surface area contributed by atoms with Gasteiger partial charge in [0.2, 0.25) is 0 Å². The van der Waals surface area contributed by atoms with E-state index in [9.17, 15) is 18.0 Å². The van der Waals surface area contributed by atoms with Gasteiger partial charge in [0.1, 0.15) is 6.10 Å². The summed E-state index contributed by atoms with van der Waals surface area (Å²) in [5.74, 6) is -1.44. The average molecular weight is 329 g/mol. The Morgan fingerprint density at radius 3 is 2.91 bits per heavy atom. The fourth-order valence-corrected chi connectivity index (χ4v) is 2.55. The minimum Gasteiger partial charge on any atom is -0.352 e. The molecule has 2 aromatic rings. The molecule has 0 aromatic carbocycles. The van der Waals surface area contributed by atoms with E-state index in [4.69, 9.17) is 4.74 Å². The van der Waals surface area contributed by atoms with Crippen LogP contribution in [-0.2, 0) is 9.53 Å². The first kappa shape index (κ1) is 15.7. The Kier molecular flexibility index (Phi) is 3.51. The number of carbonyl (C=O) groups is 1. The zero-order valence-corrected chi connectivity index (χ0v) is 12.3. The van der Waals surface area contributed by atoms with Crippen molar-refractivity contribution in [2.24, 2.45) is 5.92 Å². The predicted octanol–water partition coefficient (Wildman–Crippen LogP) is 1.81. The molecule has 0 saturated carbocycles.